The standard InChI is InChI=1S/C20H26N4O5/c1-13(25)21-12-5-4-9-16(20(28)29)23-18(26)11-6-10-17-22-15-8-3-2-7-14(15)19(27)24-17/h2-3,7-8,16H,4-6,9-12H2,1H3,(H,21,25)(H,23,26)(H,28,29)(H,22,24,27)/t16-/m0/s1. The molecular weight excluding hydrogens is 376 g/mol. The minimum Gasteiger partial charge on any atom is -0.480 e. The number of H-pyrrole nitrogens is 1. The highest BCUT2D eigenvalue weighted by atomic mass is 16.4. The maximum atomic E-state index is 12.1. The number of fused-ring (bicyclic) bond motifs is 1. The Morgan fingerprint density at radius 2 is 1.93 bits per heavy atom. The maximum absolute atomic E-state index is 12.1. The van der Waals surface area contributed by atoms with Crippen molar-refractivity contribution in [2.45, 2.75) is 51.5 Å². The first-order chi connectivity index (χ1) is 13.9. The number of carbonyl (C=O) groups excluding carboxylic acids is 2. The van der Waals surface area contributed by atoms with E-state index in [0.29, 0.717) is 55.4 Å². The molecule has 9 heteroatoms. The van der Waals surface area contributed by atoms with Crippen LogP contribution in [0.4, 0.5) is 0 Å². The zero-order chi connectivity index (χ0) is 21.2. The lowest BCUT2D eigenvalue weighted by Crippen LogP contribution is -2.40. The van der Waals surface area contributed by atoms with Crippen molar-refractivity contribution in [3.05, 3.63) is 40.4 Å². The van der Waals surface area contributed by atoms with Gasteiger partial charge in [0.05, 0.1) is 10.9 Å². The van der Waals surface area contributed by atoms with Crippen LogP contribution in [0.25, 0.3) is 10.9 Å². The quantitative estimate of drug-likeness (QED) is 0.415. The van der Waals surface area contributed by atoms with Crippen molar-refractivity contribution in [2.75, 3.05) is 6.54 Å². The second-order valence-corrected chi connectivity index (χ2v) is 6.82. The summed E-state index contributed by atoms with van der Waals surface area (Å²) < 4.78 is 0. The maximum Gasteiger partial charge on any atom is 0.326 e. The van der Waals surface area contributed by atoms with Crippen LogP contribution < -0.4 is 16.2 Å². The number of nitrogens with zero attached hydrogens (tertiary/aromatic N) is 1. The molecule has 9 nitrogen and oxygen atoms in total. The third-order valence-corrected chi connectivity index (χ3v) is 4.41. The van der Waals surface area contributed by atoms with Crippen LogP contribution in [-0.4, -0.2) is 45.4 Å². The number of hydrogen-bond donors (Lipinski definition) is 4. The van der Waals surface area contributed by atoms with Gasteiger partial charge in [0.15, 0.2) is 0 Å². The van der Waals surface area contributed by atoms with E-state index in [4.69, 9.17) is 0 Å². The SMILES string of the molecule is CC(=O)NCCCC[C@H](NC(=O)CCCc1nc2ccccc2c(=O)[nH]1)C(=O)O. The summed E-state index contributed by atoms with van der Waals surface area (Å²) in [5.41, 5.74) is 0.376. The topological polar surface area (TPSA) is 141 Å². The van der Waals surface area contributed by atoms with Crippen molar-refractivity contribution < 1.29 is 19.5 Å². The number of aliphatic carboxylic acids is 1. The number of carbonyl (C=O) groups is 3. The first kappa shape index (κ1) is 22.1. The predicted molar refractivity (Wildman–Crippen MR) is 107 cm³/mol. The first-order valence-electron chi connectivity index (χ1n) is 9.61. The molecule has 4 N–H and O–H groups in total. The van der Waals surface area contributed by atoms with Gasteiger partial charge in [-0.1, -0.05) is 12.1 Å². The van der Waals surface area contributed by atoms with Crippen LogP contribution in [0, 0.1) is 0 Å². The van der Waals surface area contributed by atoms with Crippen LogP contribution in [0.5, 0.6) is 0 Å². The lowest BCUT2D eigenvalue weighted by Gasteiger charge is -2.14. The Balaban J connectivity index is 1.78. The molecule has 1 heterocycles. The number of carboxylic acid groups (broad SMARTS) is 1. The van der Waals surface area contributed by atoms with E-state index >= 15 is 0 Å². The van der Waals surface area contributed by atoms with Crippen LogP contribution >= 0.6 is 0 Å². The number of carboxylic acids is 1. The highest BCUT2D eigenvalue weighted by molar-refractivity contribution is 5.83. The number of hydrogen-bond acceptors (Lipinski definition) is 5. The third kappa shape index (κ3) is 7.36. The Morgan fingerprint density at radius 3 is 2.66 bits per heavy atom. The second kappa shape index (κ2) is 10.9. The van der Waals surface area contributed by atoms with Gasteiger partial charge in [0.2, 0.25) is 11.8 Å². The molecule has 0 saturated carbocycles. The van der Waals surface area contributed by atoms with E-state index in [1.165, 1.54) is 6.92 Å². The zero-order valence-corrected chi connectivity index (χ0v) is 16.4. The van der Waals surface area contributed by atoms with E-state index in [2.05, 4.69) is 20.6 Å². The Kier molecular flexibility index (Phi) is 8.32. The Labute approximate surface area is 167 Å². The van der Waals surface area contributed by atoms with Gasteiger partial charge in [-0.05, 0) is 37.8 Å². The summed E-state index contributed by atoms with van der Waals surface area (Å²) in [5.74, 6) is -1.08. The monoisotopic (exact) mass is 402 g/mol. The van der Waals surface area contributed by atoms with Crippen molar-refractivity contribution in [3.8, 4) is 0 Å². The number of amides is 2. The number of benzene rings is 1. The Bertz CT molecular complexity index is 924. The number of rotatable bonds is 11. The average Bonchev–Trinajstić information content (AvgIpc) is 2.66. The third-order valence-electron chi connectivity index (χ3n) is 4.41. The van der Waals surface area contributed by atoms with Crippen LogP contribution in [0.1, 0.15) is 44.9 Å². The first-order valence-corrected chi connectivity index (χ1v) is 9.61. The molecule has 0 bridgehead atoms. The van der Waals surface area contributed by atoms with Crippen molar-refractivity contribution in [1.29, 1.82) is 0 Å². The largest absolute Gasteiger partial charge is 0.480 e. The number of para-hydroxylation sites is 1. The summed E-state index contributed by atoms with van der Waals surface area (Å²) in [5, 5.41) is 14.9. The molecule has 0 fully saturated rings. The second-order valence-electron chi connectivity index (χ2n) is 6.82. The van der Waals surface area contributed by atoms with Crippen molar-refractivity contribution in [2.24, 2.45) is 0 Å². The van der Waals surface area contributed by atoms with Gasteiger partial charge < -0.3 is 20.7 Å². The molecule has 156 valence electrons. The minimum absolute atomic E-state index is 0.129. The summed E-state index contributed by atoms with van der Waals surface area (Å²) >= 11 is 0. The molecule has 29 heavy (non-hydrogen) atoms. The van der Waals surface area contributed by atoms with Gasteiger partial charge in [0.1, 0.15) is 11.9 Å². The lowest BCUT2D eigenvalue weighted by atomic mass is 10.1. The summed E-state index contributed by atoms with van der Waals surface area (Å²) in [6.07, 6.45) is 2.47. The molecular formula is C20H26N4O5. The fourth-order valence-electron chi connectivity index (χ4n) is 2.93. The lowest BCUT2D eigenvalue weighted by molar-refractivity contribution is -0.142. The molecule has 0 unspecified atom stereocenters. The molecule has 2 aromatic rings. The normalized spacial score (nSPS) is 11.8. The van der Waals surface area contributed by atoms with Crippen LogP contribution in [0.3, 0.4) is 0 Å². The Morgan fingerprint density at radius 1 is 1.17 bits per heavy atom. The molecule has 0 aliphatic carbocycles. The van der Waals surface area contributed by atoms with E-state index in [1.807, 2.05) is 0 Å². The van der Waals surface area contributed by atoms with Crippen LogP contribution in [0.2, 0.25) is 0 Å². The highest BCUT2D eigenvalue weighted by Gasteiger charge is 2.19. The van der Waals surface area contributed by atoms with Gasteiger partial charge in [0.25, 0.3) is 5.56 Å². The van der Waals surface area contributed by atoms with E-state index < -0.39 is 12.0 Å². The van der Waals surface area contributed by atoms with Crippen LogP contribution in [0.15, 0.2) is 29.1 Å². The summed E-state index contributed by atoms with van der Waals surface area (Å²) in [6.45, 7) is 1.90. The van der Waals surface area contributed by atoms with Crippen molar-refractivity contribution in [3.63, 3.8) is 0 Å². The zero-order valence-electron chi connectivity index (χ0n) is 16.4. The molecule has 1 aromatic carbocycles. The minimum atomic E-state index is -1.08. The number of aromatic nitrogens is 2. The van der Waals surface area contributed by atoms with E-state index in [9.17, 15) is 24.3 Å². The van der Waals surface area contributed by atoms with Crippen LogP contribution in [-0.2, 0) is 20.8 Å². The van der Waals surface area contributed by atoms with Gasteiger partial charge in [-0.3, -0.25) is 14.4 Å². The Hall–Kier alpha value is -3.23. The molecule has 2 amide bonds. The number of aryl methyl sites for hydroxylation is 1. The fourth-order valence-corrected chi connectivity index (χ4v) is 2.93. The number of aromatic amines is 1. The molecule has 0 aliphatic rings. The fraction of sp³-hybridized carbons (Fsp3) is 0.450. The van der Waals surface area contributed by atoms with Crippen molar-refractivity contribution in [1.82, 2.24) is 20.6 Å². The number of nitrogens with one attached hydrogen (secondary N) is 3. The molecule has 1 aromatic heterocycles. The van der Waals surface area contributed by atoms with Gasteiger partial charge in [-0.25, -0.2) is 9.78 Å². The van der Waals surface area contributed by atoms with E-state index in [0.717, 1.165) is 0 Å². The molecule has 0 radical (unpaired) electrons. The molecule has 0 saturated heterocycles. The highest BCUT2D eigenvalue weighted by Crippen LogP contribution is 2.08. The van der Waals surface area contributed by atoms with Gasteiger partial charge in [0, 0.05) is 26.3 Å². The average molecular weight is 402 g/mol. The smallest absolute Gasteiger partial charge is 0.326 e. The number of unbranched alkanes of at least 4 members (excludes halogenated alkanes) is 1. The summed E-state index contributed by atoms with van der Waals surface area (Å²) in [6, 6.07) is 6.06. The molecule has 2 rings (SSSR count). The summed E-state index contributed by atoms with van der Waals surface area (Å²) in [4.78, 5) is 53.3. The predicted octanol–water partition coefficient (Wildman–Crippen LogP) is 1.12. The van der Waals surface area contributed by atoms with Crippen molar-refractivity contribution >= 4 is 28.7 Å². The molecule has 0 aliphatic heterocycles. The van der Waals surface area contributed by atoms with E-state index in [-0.39, 0.29) is 23.8 Å². The van der Waals surface area contributed by atoms with E-state index in [1.54, 1.807) is 24.3 Å². The summed E-state index contributed by atoms with van der Waals surface area (Å²) in [7, 11) is 0. The van der Waals surface area contributed by atoms with Gasteiger partial charge in [-0.2, -0.15) is 0 Å². The van der Waals surface area contributed by atoms with Gasteiger partial charge in [-0.15, -0.1) is 0 Å². The van der Waals surface area contributed by atoms with Gasteiger partial charge >= 0.3 is 5.97 Å². The molecule has 0 spiro atoms. The molecule has 1 atom stereocenters.